The highest BCUT2D eigenvalue weighted by molar-refractivity contribution is 6.39. The van der Waals surface area contributed by atoms with Crippen molar-refractivity contribution in [2.45, 2.75) is 13.0 Å². The molecule has 1 amide bonds. The molecule has 2 N–H and O–H groups in total. The van der Waals surface area contributed by atoms with Crippen molar-refractivity contribution in [2.24, 2.45) is 4.99 Å². The highest BCUT2D eigenvalue weighted by Crippen LogP contribution is 2.36. The van der Waals surface area contributed by atoms with Gasteiger partial charge in [0.2, 0.25) is 0 Å². The largest absolute Gasteiger partial charge is 0.398 e. The smallest absolute Gasteiger partial charge is 0.251 e. The second kappa shape index (κ2) is 5.66. The van der Waals surface area contributed by atoms with Crippen LogP contribution in [-0.2, 0) is 4.79 Å². The molecule has 1 atom stereocenters. The predicted molar refractivity (Wildman–Crippen MR) is 90.8 cm³/mol. The average Bonchev–Trinajstić information content (AvgIpc) is 2.62. The minimum atomic E-state index is -0.653. The van der Waals surface area contributed by atoms with E-state index in [0.29, 0.717) is 22.6 Å². The molecule has 1 heterocycles. The molecule has 3 rings (SSSR count). The number of anilines is 2. The number of halogens is 2. The van der Waals surface area contributed by atoms with Crippen LogP contribution in [0.25, 0.3) is 0 Å². The molecule has 0 aromatic heterocycles. The summed E-state index contributed by atoms with van der Waals surface area (Å²) in [6.45, 7) is 1.67. The molecule has 2 aromatic rings. The molecule has 0 radical (unpaired) electrons. The molecule has 4 nitrogen and oxygen atoms in total. The molecule has 0 fully saturated rings. The number of carbonyl (C=O) groups is 1. The number of hydrogen-bond acceptors (Lipinski definition) is 3. The van der Waals surface area contributed by atoms with Crippen LogP contribution in [0.2, 0.25) is 5.02 Å². The molecule has 1 aliphatic rings. The van der Waals surface area contributed by atoms with Crippen molar-refractivity contribution in [3.05, 3.63) is 58.4 Å². The lowest BCUT2D eigenvalue weighted by atomic mass is 9.99. The normalized spacial score (nSPS) is 17.6. The maximum absolute atomic E-state index is 14.3. The number of carbonyl (C=O) groups excluding carboxylic acids is 1. The quantitative estimate of drug-likeness (QED) is 0.815. The lowest BCUT2D eigenvalue weighted by Crippen LogP contribution is -2.33. The Morgan fingerprint density at radius 3 is 2.65 bits per heavy atom. The van der Waals surface area contributed by atoms with Crippen molar-refractivity contribution < 1.29 is 9.18 Å². The van der Waals surface area contributed by atoms with E-state index in [4.69, 9.17) is 17.3 Å². The topological polar surface area (TPSA) is 58.7 Å². The van der Waals surface area contributed by atoms with Gasteiger partial charge in [0.15, 0.2) is 0 Å². The fourth-order valence-corrected chi connectivity index (χ4v) is 2.91. The van der Waals surface area contributed by atoms with Crippen LogP contribution in [0, 0.1) is 5.82 Å². The summed E-state index contributed by atoms with van der Waals surface area (Å²) in [5, 5.41) is 0.262. The maximum atomic E-state index is 14.3. The summed E-state index contributed by atoms with van der Waals surface area (Å²) in [7, 11) is 1.64. The number of amides is 1. The number of benzene rings is 2. The van der Waals surface area contributed by atoms with Gasteiger partial charge in [-0.05, 0) is 31.2 Å². The summed E-state index contributed by atoms with van der Waals surface area (Å²) < 4.78 is 14.3. The Morgan fingerprint density at radius 1 is 1.26 bits per heavy atom. The van der Waals surface area contributed by atoms with Gasteiger partial charge in [0.25, 0.3) is 5.91 Å². The van der Waals surface area contributed by atoms with E-state index < -0.39 is 11.9 Å². The van der Waals surface area contributed by atoms with Crippen molar-refractivity contribution >= 4 is 34.6 Å². The summed E-state index contributed by atoms with van der Waals surface area (Å²) in [4.78, 5) is 18.3. The average molecular weight is 332 g/mol. The van der Waals surface area contributed by atoms with Gasteiger partial charge < -0.3 is 10.6 Å². The molecule has 6 heteroatoms. The first-order valence-electron chi connectivity index (χ1n) is 7.10. The van der Waals surface area contributed by atoms with E-state index in [2.05, 4.69) is 4.99 Å². The molecule has 0 bridgehead atoms. The molecule has 0 spiro atoms. The number of nitrogen functional groups attached to an aromatic ring is 1. The van der Waals surface area contributed by atoms with Crippen molar-refractivity contribution in [3.63, 3.8) is 0 Å². The number of hydrogen-bond donors (Lipinski definition) is 1. The van der Waals surface area contributed by atoms with Gasteiger partial charge in [-0.2, -0.15) is 0 Å². The van der Waals surface area contributed by atoms with Gasteiger partial charge in [-0.3, -0.25) is 9.79 Å². The summed E-state index contributed by atoms with van der Waals surface area (Å²) in [5.74, 6) is -0.627. The number of fused-ring (bicyclic) bond motifs is 1. The van der Waals surface area contributed by atoms with Crippen LogP contribution in [0.1, 0.15) is 18.1 Å². The molecule has 118 valence electrons. The van der Waals surface area contributed by atoms with Crippen LogP contribution in [-0.4, -0.2) is 24.7 Å². The highest BCUT2D eigenvalue weighted by Gasteiger charge is 2.30. The first-order valence-corrected chi connectivity index (χ1v) is 7.48. The first-order chi connectivity index (χ1) is 10.9. The zero-order valence-electron chi connectivity index (χ0n) is 12.7. The van der Waals surface area contributed by atoms with Crippen molar-refractivity contribution in [1.29, 1.82) is 0 Å². The van der Waals surface area contributed by atoms with Gasteiger partial charge in [-0.25, -0.2) is 4.39 Å². The maximum Gasteiger partial charge on any atom is 0.251 e. The molecular weight excluding hydrogens is 317 g/mol. The number of rotatable bonds is 1. The lowest BCUT2D eigenvalue weighted by Gasteiger charge is -2.20. The van der Waals surface area contributed by atoms with E-state index in [1.807, 2.05) is 0 Å². The Bertz CT molecular complexity index is 835. The van der Waals surface area contributed by atoms with E-state index in [1.165, 1.54) is 11.0 Å². The Kier molecular flexibility index (Phi) is 3.82. The monoisotopic (exact) mass is 331 g/mol. The number of nitrogens with zero attached hydrogens (tertiary/aromatic N) is 2. The molecule has 2 aromatic carbocycles. The van der Waals surface area contributed by atoms with E-state index in [0.717, 1.165) is 0 Å². The van der Waals surface area contributed by atoms with Crippen LogP contribution < -0.4 is 10.6 Å². The van der Waals surface area contributed by atoms with Crippen LogP contribution in [0.4, 0.5) is 15.8 Å². The van der Waals surface area contributed by atoms with E-state index in [9.17, 15) is 9.18 Å². The Hall–Kier alpha value is -2.40. The molecule has 0 saturated carbocycles. The molecule has 0 saturated heterocycles. The Morgan fingerprint density at radius 2 is 1.96 bits per heavy atom. The molecule has 23 heavy (non-hydrogen) atoms. The minimum Gasteiger partial charge on any atom is -0.398 e. The van der Waals surface area contributed by atoms with Gasteiger partial charge in [0.1, 0.15) is 11.9 Å². The summed E-state index contributed by atoms with van der Waals surface area (Å²) >= 11 is 6.38. The van der Waals surface area contributed by atoms with Crippen molar-refractivity contribution in [2.75, 3.05) is 17.7 Å². The number of benzodiazepines with no additional fused rings is 1. The molecule has 1 aliphatic heterocycles. The van der Waals surface area contributed by atoms with Crippen LogP contribution in [0.3, 0.4) is 0 Å². The predicted octanol–water partition coefficient (Wildman–Crippen LogP) is 3.26. The van der Waals surface area contributed by atoms with Gasteiger partial charge in [0.05, 0.1) is 22.1 Å². The summed E-state index contributed by atoms with van der Waals surface area (Å²) in [5.41, 5.74) is 7.90. The SMILES string of the molecule is CC1N=C(c2ccccc2F)c2c(ccc(N)c2Cl)N(C)C1=O. The van der Waals surface area contributed by atoms with Crippen LogP contribution >= 0.6 is 11.6 Å². The third kappa shape index (κ3) is 2.47. The molecular formula is C17H15ClFN3O. The van der Waals surface area contributed by atoms with Gasteiger partial charge in [-0.15, -0.1) is 0 Å². The molecule has 0 aliphatic carbocycles. The first kappa shape index (κ1) is 15.5. The summed E-state index contributed by atoms with van der Waals surface area (Å²) in [6, 6.07) is 8.93. The number of nitrogens with two attached hydrogens (primary N) is 1. The third-order valence-electron chi connectivity index (χ3n) is 3.89. The standard InChI is InChI=1S/C17H15ClFN3O/c1-9-17(23)22(2)13-8-7-12(20)15(18)14(13)16(21-9)10-5-3-4-6-11(10)19/h3-9H,20H2,1-2H3. The van der Waals surface area contributed by atoms with Gasteiger partial charge in [-0.1, -0.05) is 23.7 Å². The zero-order valence-corrected chi connectivity index (χ0v) is 13.4. The number of likely N-dealkylation sites (N-methyl/N-ethyl adjacent to an activating group) is 1. The van der Waals surface area contributed by atoms with Crippen LogP contribution in [0.5, 0.6) is 0 Å². The Labute approximate surface area is 138 Å². The molecule has 1 unspecified atom stereocenters. The lowest BCUT2D eigenvalue weighted by molar-refractivity contribution is -0.119. The fraction of sp³-hybridized carbons (Fsp3) is 0.176. The van der Waals surface area contributed by atoms with Gasteiger partial charge >= 0.3 is 0 Å². The highest BCUT2D eigenvalue weighted by atomic mass is 35.5. The van der Waals surface area contributed by atoms with Crippen molar-refractivity contribution in [3.8, 4) is 0 Å². The van der Waals surface area contributed by atoms with E-state index >= 15 is 0 Å². The van der Waals surface area contributed by atoms with E-state index in [-0.39, 0.29) is 16.5 Å². The van der Waals surface area contributed by atoms with Gasteiger partial charge in [0, 0.05) is 18.2 Å². The minimum absolute atomic E-state index is 0.196. The third-order valence-corrected chi connectivity index (χ3v) is 4.29. The second-order valence-corrected chi connectivity index (χ2v) is 5.77. The second-order valence-electron chi connectivity index (χ2n) is 5.39. The van der Waals surface area contributed by atoms with Crippen molar-refractivity contribution in [1.82, 2.24) is 0 Å². The fourth-order valence-electron chi connectivity index (χ4n) is 2.66. The zero-order chi connectivity index (χ0) is 16.7. The van der Waals surface area contributed by atoms with E-state index in [1.54, 1.807) is 44.3 Å². The summed E-state index contributed by atoms with van der Waals surface area (Å²) in [6.07, 6.45) is 0. The Balaban J connectivity index is 2.37. The van der Waals surface area contributed by atoms with Crippen LogP contribution in [0.15, 0.2) is 41.4 Å². The number of aliphatic imine (C=N–C) groups is 1.